The van der Waals surface area contributed by atoms with E-state index in [4.69, 9.17) is 0 Å². The van der Waals surface area contributed by atoms with E-state index < -0.39 is 0 Å². The highest BCUT2D eigenvalue weighted by Crippen LogP contribution is 2.00. The van der Waals surface area contributed by atoms with Crippen molar-refractivity contribution in [1.82, 2.24) is 25.1 Å². The van der Waals surface area contributed by atoms with Crippen molar-refractivity contribution in [2.75, 3.05) is 18.9 Å². The number of aromatic nitrogens is 4. The quantitative estimate of drug-likeness (QED) is 0.784. The topological polar surface area (TPSA) is 84.7 Å². The predicted molar refractivity (Wildman–Crippen MR) is 66.1 cm³/mol. The number of nitrogens with zero attached hydrogens (tertiary/aromatic N) is 4. The highest BCUT2D eigenvalue weighted by atomic mass is 16.1. The molecule has 0 aliphatic carbocycles. The standard InChI is InChI=1S/C11H14N6O/c1-12-10-8-13-7-9(16-10)11(18)14-4-6-17-5-2-3-15-17/h2-3,5,7-8H,4,6H2,1H3,(H,12,16)(H,14,18). The van der Waals surface area contributed by atoms with Crippen molar-refractivity contribution in [2.45, 2.75) is 6.54 Å². The second-order valence-electron chi connectivity index (χ2n) is 3.56. The zero-order valence-electron chi connectivity index (χ0n) is 10.00. The van der Waals surface area contributed by atoms with Gasteiger partial charge < -0.3 is 10.6 Å². The van der Waals surface area contributed by atoms with Crippen LogP contribution in [0, 0.1) is 0 Å². The summed E-state index contributed by atoms with van der Waals surface area (Å²) in [6.07, 6.45) is 6.53. The lowest BCUT2D eigenvalue weighted by Crippen LogP contribution is -2.28. The molecular weight excluding hydrogens is 232 g/mol. The van der Waals surface area contributed by atoms with E-state index in [0.29, 0.717) is 24.6 Å². The van der Waals surface area contributed by atoms with Crippen molar-refractivity contribution in [3.8, 4) is 0 Å². The highest BCUT2D eigenvalue weighted by Gasteiger charge is 2.07. The number of hydrogen-bond acceptors (Lipinski definition) is 5. The van der Waals surface area contributed by atoms with E-state index >= 15 is 0 Å². The van der Waals surface area contributed by atoms with Gasteiger partial charge in [-0.25, -0.2) is 4.98 Å². The molecule has 2 N–H and O–H groups in total. The molecule has 2 rings (SSSR count). The van der Waals surface area contributed by atoms with Crippen molar-refractivity contribution < 1.29 is 4.79 Å². The third kappa shape index (κ3) is 3.03. The van der Waals surface area contributed by atoms with E-state index in [1.165, 1.54) is 6.20 Å². The van der Waals surface area contributed by atoms with E-state index in [1.54, 1.807) is 24.1 Å². The molecule has 0 radical (unpaired) electrons. The first-order chi connectivity index (χ1) is 8.79. The van der Waals surface area contributed by atoms with Crippen molar-refractivity contribution in [1.29, 1.82) is 0 Å². The molecule has 0 atom stereocenters. The predicted octanol–water partition coefficient (Wildman–Crippen LogP) is 0.145. The van der Waals surface area contributed by atoms with Crippen molar-refractivity contribution >= 4 is 11.7 Å². The lowest BCUT2D eigenvalue weighted by molar-refractivity contribution is 0.0946. The molecule has 0 saturated heterocycles. The van der Waals surface area contributed by atoms with Crippen LogP contribution in [0.3, 0.4) is 0 Å². The number of carbonyl (C=O) groups is 1. The number of rotatable bonds is 5. The molecular formula is C11H14N6O. The number of hydrogen-bond donors (Lipinski definition) is 2. The molecule has 0 spiro atoms. The molecule has 0 aliphatic heterocycles. The largest absolute Gasteiger partial charge is 0.372 e. The molecule has 2 heterocycles. The minimum atomic E-state index is -0.244. The summed E-state index contributed by atoms with van der Waals surface area (Å²) >= 11 is 0. The lowest BCUT2D eigenvalue weighted by atomic mass is 10.4. The van der Waals surface area contributed by atoms with Crippen LogP contribution in [0.4, 0.5) is 5.82 Å². The van der Waals surface area contributed by atoms with E-state index in [0.717, 1.165) is 0 Å². The molecule has 0 saturated carbocycles. The Hall–Kier alpha value is -2.44. The monoisotopic (exact) mass is 246 g/mol. The van der Waals surface area contributed by atoms with Crippen LogP contribution in [0.15, 0.2) is 30.9 Å². The summed E-state index contributed by atoms with van der Waals surface area (Å²) in [6, 6.07) is 1.84. The number of amides is 1. The van der Waals surface area contributed by atoms with Crippen molar-refractivity contribution in [3.05, 3.63) is 36.5 Å². The highest BCUT2D eigenvalue weighted by molar-refractivity contribution is 5.92. The van der Waals surface area contributed by atoms with E-state index in [2.05, 4.69) is 25.7 Å². The summed E-state index contributed by atoms with van der Waals surface area (Å²) in [4.78, 5) is 19.8. The van der Waals surface area contributed by atoms with Crippen LogP contribution in [0.1, 0.15) is 10.5 Å². The zero-order chi connectivity index (χ0) is 12.8. The van der Waals surface area contributed by atoms with Gasteiger partial charge in [0.05, 0.1) is 18.9 Å². The van der Waals surface area contributed by atoms with Gasteiger partial charge >= 0.3 is 0 Å². The molecule has 0 aromatic carbocycles. The first kappa shape index (κ1) is 12.0. The molecule has 18 heavy (non-hydrogen) atoms. The Morgan fingerprint density at radius 3 is 3.06 bits per heavy atom. The normalized spacial score (nSPS) is 10.1. The molecule has 7 heteroatoms. The summed E-state index contributed by atoms with van der Waals surface area (Å²) in [5.41, 5.74) is 0.294. The fourth-order valence-electron chi connectivity index (χ4n) is 1.40. The van der Waals surface area contributed by atoms with Gasteiger partial charge in [0.15, 0.2) is 0 Å². The summed E-state index contributed by atoms with van der Waals surface area (Å²) in [7, 11) is 1.73. The van der Waals surface area contributed by atoms with E-state index in [9.17, 15) is 4.79 Å². The fraction of sp³-hybridized carbons (Fsp3) is 0.273. The Bertz CT molecular complexity index is 510. The number of carbonyl (C=O) groups excluding carboxylic acids is 1. The first-order valence-corrected chi connectivity index (χ1v) is 5.55. The average molecular weight is 246 g/mol. The molecule has 1 amide bonds. The van der Waals surface area contributed by atoms with E-state index in [-0.39, 0.29) is 5.91 Å². The minimum Gasteiger partial charge on any atom is -0.372 e. The Morgan fingerprint density at radius 1 is 1.44 bits per heavy atom. The lowest BCUT2D eigenvalue weighted by Gasteiger charge is -2.05. The fourth-order valence-corrected chi connectivity index (χ4v) is 1.40. The Morgan fingerprint density at radius 2 is 2.33 bits per heavy atom. The van der Waals surface area contributed by atoms with Gasteiger partial charge in [-0.05, 0) is 6.07 Å². The number of nitrogens with one attached hydrogen (secondary N) is 2. The first-order valence-electron chi connectivity index (χ1n) is 5.55. The van der Waals surface area contributed by atoms with Gasteiger partial charge in [-0.3, -0.25) is 14.5 Å². The SMILES string of the molecule is CNc1cncc(C(=O)NCCn2cccn2)n1. The van der Waals surface area contributed by atoms with Gasteiger partial charge in [0.25, 0.3) is 5.91 Å². The zero-order valence-corrected chi connectivity index (χ0v) is 10.00. The van der Waals surface area contributed by atoms with Crippen LogP contribution < -0.4 is 10.6 Å². The smallest absolute Gasteiger partial charge is 0.271 e. The minimum absolute atomic E-state index is 0.244. The molecule has 2 aromatic heterocycles. The van der Waals surface area contributed by atoms with Gasteiger partial charge in [0.2, 0.25) is 0 Å². The van der Waals surface area contributed by atoms with E-state index in [1.807, 2.05) is 12.3 Å². The van der Waals surface area contributed by atoms with Gasteiger partial charge in [-0.2, -0.15) is 5.10 Å². The van der Waals surface area contributed by atoms with Crippen LogP contribution in [0.5, 0.6) is 0 Å². The third-order valence-corrected chi connectivity index (χ3v) is 2.31. The maximum Gasteiger partial charge on any atom is 0.271 e. The Balaban J connectivity index is 1.87. The summed E-state index contributed by atoms with van der Waals surface area (Å²) in [6.45, 7) is 1.11. The van der Waals surface area contributed by atoms with Crippen LogP contribution >= 0.6 is 0 Å². The molecule has 0 unspecified atom stereocenters. The number of anilines is 1. The summed E-state index contributed by atoms with van der Waals surface area (Å²) < 4.78 is 1.75. The summed E-state index contributed by atoms with van der Waals surface area (Å²) in [5, 5.41) is 9.63. The van der Waals surface area contributed by atoms with Crippen LogP contribution in [-0.2, 0) is 6.54 Å². The average Bonchev–Trinajstić information content (AvgIpc) is 2.92. The second-order valence-corrected chi connectivity index (χ2v) is 3.56. The Labute approximate surface area is 104 Å². The van der Waals surface area contributed by atoms with Crippen LogP contribution in [-0.4, -0.2) is 39.2 Å². The molecule has 0 bridgehead atoms. The molecule has 7 nitrogen and oxygen atoms in total. The maximum absolute atomic E-state index is 11.8. The van der Waals surface area contributed by atoms with Gasteiger partial charge in [-0.1, -0.05) is 0 Å². The molecule has 2 aromatic rings. The van der Waals surface area contributed by atoms with Crippen LogP contribution in [0.25, 0.3) is 0 Å². The Kier molecular flexibility index (Phi) is 3.85. The van der Waals surface area contributed by atoms with Crippen LogP contribution in [0.2, 0.25) is 0 Å². The second kappa shape index (κ2) is 5.76. The molecule has 0 fully saturated rings. The molecule has 94 valence electrons. The summed E-state index contributed by atoms with van der Waals surface area (Å²) in [5.74, 6) is 0.321. The van der Waals surface area contributed by atoms with Gasteiger partial charge in [0.1, 0.15) is 11.5 Å². The van der Waals surface area contributed by atoms with Gasteiger partial charge in [0, 0.05) is 26.0 Å². The van der Waals surface area contributed by atoms with Crippen molar-refractivity contribution in [2.24, 2.45) is 0 Å². The molecule has 0 aliphatic rings. The van der Waals surface area contributed by atoms with Crippen molar-refractivity contribution in [3.63, 3.8) is 0 Å². The third-order valence-electron chi connectivity index (χ3n) is 2.31. The van der Waals surface area contributed by atoms with Gasteiger partial charge in [-0.15, -0.1) is 0 Å². The maximum atomic E-state index is 11.8.